The molecule has 138 valence electrons. The molecular weight excluding hydrogens is 342 g/mol. The summed E-state index contributed by atoms with van der Waals surface area (Å²) in [5.41, 5.74) is 9.25. The Hall–Kier alpha value is -3.42. The molecule has 4 aromatic rings. The van der Waals surface area contributed by atoms with Crippen LogP contribution in [0.25, 0.3) is 27.7 Å². The van der Waals surface area contributed by atoms with E-state index >= 15 is 0 Å². The summed E-state index contributed by atoms with van der Waals surface area (Å²) in [7, 11) is 0. The average molecular weight is 363 g/mol. The third-order valence-electron chi connectivity index (χ3n) is 4.31. The van der Waals surface area contributed by atoms with Crippen molar-refractivity contribution in [3.8, 4) is 11.1 Å². The molecule has 4 N–H and O–H groups in total. The third kappa shape index (κ3) is 3.21. The van der Waals surface area contributed by atoms with Gasteiger partial charge in [0.2, 0.25) is 5.95 Å². The summed E-state index contributed by atoms with van der Waals surface area (Å²) >= 11 is 0. The van der Waals surface area contributed by atoms with Crippen LogP contribution in [-0.4, -0.2) is 37.0 Å². The van der Waals surface area contributed by atoms with Crippen molar-refractivity contribution in [2.45, 2.75) is 20.8 Å². The van der Waals surface area contributed by atoms with Gasteiger partial charge in [0.15, 0.2) is 0 Å². The number of carbonyl (C=O) groups excluding carboxylic acids is 1. The van der Waals surface area contributed by atoms with E-state index < -0.39 is 5.91 Å². The Bertz CT molecular complexity index is 1150. The van der Waals surface area contributed by atoms with Crippen LogP contribution in [0.5, 0.6) is 0 Å². The van der Waals surface area contributed by atoms with Crippen LogP contribution >= 0.6 is 0 Å². The lowest BCUT2D eigenvalue weighted by Crippen LogP contribution is -2.20. The van der Waals surface area contributed by atoms with Crippen molar-refractivity contribution in [3.63, 3.8) is 0 Å². The Morgan fingerprint density at radius 2 is 2.15 bits per heavy atom. The first-order valence-electron chi connectivity index (χ1n) is 8.67. The van der Waals surface area contributed by atoms with E-state index in [0.29, 0.717) is 17.0 Å². The molecule has 0 aromatic carbocycles. The Labute approximate surface area is 155 Å². The second kappa shape index (κ2) is 6.08. The average Bonchev–Trinajstić information content (AvgIpc) is 3.22. The van der Waals surface area contributed by atoms with Crippen molar-refractivity contribution in [1.82, 2.24) is 24.6 Å². The Kier molecular flexibility index (Phi) is 3.83. The van der Waals surface area contributed by atoms with E-state index in [2.05, 4.69) is 46.1 Å². The van der Waals surface area contributed by atoms with E-state index in [4.69, 9.17) is 5.73 Å². The second-order valence-electron chi connectivity index (χ2n) is 7.74. The number of nitrogens with two attached hydrogens (primary N) is 1. The number of aromatic amines is 1. The van der Waals surface area contributed by atoms with E-state index in [1.54, 1.807) is 16.9 Å². The molecule has 27 heavy (non-hydrogen) atoms. The van der Waals surface area contributed by atoms with Gasteiger partial charge in [-0.15, -0.1) is 0 Å². The zero-order valence-corrected chi connectivity index (χ0v) is 15.4. The first-order chi connectivity index (χ1) is 12.8. The van der Waals surface area contributed by atoms with Gasteiger partial charge in [-0.1, -0.05) is 20.8 Å². The molecule has 4 aromatic heterocycles. The molecular formula is C19H21N7O. The van der Waals surface area contributed by atoms with Gasteiger partial charge in [0, 0.05) is 36.1 Å². The zero-order chi connectivity index (χ0) is 19.2. The maximum atomic E-state index is 11.6. The van der Waals surface area contributed by atoms with E-state index in [-0.39, 0.29) is 5.41 Å². The predicted octanol–water partition coefficient (Wildman–Crippen LogP) is 2.83. The monoisotopic (exact) mass is 363 g/mol. The quantitative estimate of drug-likeness (QED) is 0.516. The lowest BCUT2D eigenvalue weighted by molar-refractivity contribution is 0.100. The normalized spacial score (nSPS) is 12.0. The number of rotatable bonds is 4. The number of carbonyl (C=O) groups is 1. The lowest BCUT2D eigenvalue weighted by Gasteiger charge is -2.18. The first kappa shape index (κ1) is 17.0. The molecule has 0 aliphatic heterocycles. The molecule has 1 amide bonds. The van der Waals surface area contributed by atoms with Gasteiger partial charge in [0.25, 0.3) is 5.91 Å². The van der Waals surface area contributed by atoms with Crippen molar-refractivity contribution < 1.29 is 4.79 Å². The largest absolute Gasteiger partial charge is 0.365 e. The molecule has 0 aliphatic rings. The smallest absolute Gasteiger partial charge is 0.252 e. The molecule has 0 fully saturated rings. The van der Waals surface area contributed by atoms with Crippen LogP contribution in [0.2, 0.25) is 0 Å². The van der Waals surface area contributed by atoms with Crippen molar-refractivity contribution in [1.29, 1.82) is 0 Å². The summed E-state index contributed by atoms with van der Waals surface area (Å²) in [6.45, 7) is 7.23. The summed E-state index contributed by atoms with van der Waals surface area (Å²) in [5.74, 6) is 0.0899. The Balaban J connectivity index is 1.73. The number of fused-ring (bicyclic) bond motifs is 2. The minimum atomic E-state index is -0.501. The summed E-state index contributed by atoms with van der Waals surface area (Å²) in [5, 5.41) is 8.32. The van der Waals surface area contributed by atoms with Crippen LogP contribution in [-0.2, 0) is 0 Å². The van der Waals surface area contributed by atoms with Gasteiger partial charge in [-0.3, -0.25) is 4.79 Å². The van der Waals surface area contributed by atoms with E-state index in [9.17, 15) is 4.79 Å². The number of hydrogen-bond acceptors (Lipinski definition) is 5. The minimum absolute atomic E-state index is 0.137. The predicted molar refractivity (Wildman–Crippen MR) is 105 cm³/mol. The Morgan fingerprint density at radius 3 is 2.89 bits per heavy atom. The maximum absolute atomic E-state index is 11.6. The van der Waals surface area contributed by atoms with E-state index in [1.807, 2.05) is 18.3 Å². The van der Waals surface area contributed by atoms with Gasteiger partial charge in [-0.2, -0.15) is 10.1 Å². The lowest BCUT2D eigenvalue weighted by atomic mass is 9.97. The highest BCUT2D eigenvalue weighted by Crippen LogP contribution is 2.29. The van der Waals surface area contributed by atoms with Gasteiger partial charge in [0.1, 0.15) is 5.65 Å². The van der Waals surface area contributed by atoms with Gasteiger partial charge in [-0.05, 0) is 23.1 Å². The molecule has 0 radical (unpaired) electrons. The summed E-state index contributed by atoms with van der Waals surface area (Å²) in [4.78, 5) is 23.8. The van der Waals surface area contributed by atoms with Gasteiger partial charge < -0.3 is 16.0 Å². The van der Waals surface area contributed by atoms with Crippen LogP contribution < -0.4 is 11.1 Å². The highest BCUT2D eigenvalue weighted by molar-refractivity contribution is 6.01. The molecule has 8 nitrogen and oxygen atoms in total. The molecule has 0 bridgehead atoms. The molecule has 0 aliphatic carbocycles. The minimum Gasteiger partial charge on any atom is -0.365 e. The summed E-state index contributed by atoms with van der Waals surface area (Å²) in [6, 6.07) is 3.82. The molecule has 4 rings (SSSR count). The second-order valence-corrected chi connectivity index (χ2v) is 7.74. The number of amides is 1. The molecule has 8 heteroatoms. The third-order valence-corrected chi connectivity index (χ3v) is 4.31. The fraction of sp³-hybridized carbons (Fsp3) is 0.263. The van der Waals surface area contributed by atoms with Crippen LogP contribution in [0.4, 0.5) is 5.95 Å². The molecule has 4 heterocycles. The van der Waals surface area contributed by atoms with Gasteiger partial charge >= 0.3 is 0 Å². The number of H-pyrrole nitrogens is 1. The van der Waals surface area contributed by atoms with Crippen LogP contribution in [0.15, 0.2) is 36.9 Å². The zero-order valence-electron chi connectivity index (χ0n) is 15.4. The van der Waals surface area contributed by atoms with Crippen LogP contribution in [0.1, 0.15) is 31.1 Å². The van der Waals surface area contributed by atoms with Gasteiger partial charge in [0.05, 0.1) is 17.3 Å². The molecule has 0 spiro atoms. The van der Waals surface area contributed by atoms with E-state index in [0.717, 1.165) is 28.7 Å². The highest BCUT2D eigenvalue weighted by atomic mass is 16.1. The molecule has 0 unspecified atom stereocenters. The van der Waals surface area contributed by atoms with Crippen molar-refractivity contribution in [2.24, 2.45) is 11.1 Å². The molecule has 0 atom stereocenters. The fourth-order valence-electron chi connectivity index (χ4n) is 2.91. The van der Waals surface area contributed by atoms with Crippen molar-refractivity contribution in [3.05, 3.63) is 42.5 Å². The standard InChI is InChI=1S/C19H21N7O/c1-19(2,3)10-23-18-22-8-13-12(7-21-17(13)25-18)11-4-5-26-15(6-11)14(9-24-26)16(20)27/h4-9H,10H2,1-3H3,(H2,20,27)(H2,21,22,23,25). The van der Waals surface area contributed by atoms with Crippen LogP contribution in [0, 0.1) is 5.41 Å². The van der Waals surface area contributed by atoms with Gasteiger partial charge in [-0.25, -0.2) is 9.50 Å². The fourth-order valence-corrected chi connectivity index (χ4v) is 2.91. The van der Waals surface area contributed by atoms with E-state index in [1.165, 1.54) is 6.20 Å². The summed E-state index contributed by atoms with van der Waals surface area (Å²) in [6.07, 6.45) is 6.97. The van der Waals surface area contributed by atoms with Crippen molar-refractivity contribution in [2.75, 3.05) is 11.9 Å². The van der Waals surface area contributed by atoms with Crippen LogP contribution in [0.3, 0.4) is 0 Å². The molecule has 0 saturated heterocycles. The molecule has 0 saturated carbocycles. The Morgan fingerprint density at radius 1 is 1.33 bits per heavy atom. The maximum Gasteiger partial charge on any atom is 0.252 e. The summed E-state index contributed by atoms with van der Waals surface area (Å²) < 4.78 is 1.63. The number of aromatic nitrogens is 5. The number of primary amides is 1. The van der Waals surface area contributed by atoms with Crippen molar-refractivity contribution >= 4 is 28.4 Å². The number of nitrogens with zero attached hydrogens (tertiary/aromatic N) is 4. The SMILES string of the molecule is CC(C)(C)CNc1ncc2c(-c3ccn4ncc(C(N)=O)c4c3)c[nH]c2n1. The number of anilines is 1. The topological polar surface area (TPSA) is 114 Å². The number of hydrogen-bond donors (Lipinski definition) is 3. The first-order valence-corrected chi connectivity index (χ1v) is 8.67. The highest BCUT2D eigenvalue weighted by Gasteiger charge is 2.14. The number of pyridine rings is 1. The number of nitrogens with one attached hydrogen (secondary N) is 2.